The second-order valence-electron chi connectivity index (χ2n) is 5.81. The first-order chi connectivity index (χ1) is 12.2. The predicted molar refractivity (Wildman–Crippen MR) is 102 cm³/mol. The van der Waals surface area contributed by atoms with Crippen molar-refractivity contribution in [2.45, 2.75) is 36.6 Å². The largest absolute Gasteiger partial charge is 0.243 e. The minimum atomic E-state index is -3.76. The van der Waals surface area contributed by atoms with Gasteiger partial charge in [0, 0.05) is 19.1 Å². The minimum absolute atomic E-state index is 0.0266. The number of sulfonamides is 2. The second kappa shape index (κ2) is 8.30. The van der Waals surface area contributed by atoms with E-state index in [1.807, 2.05) is 30.3 Å². The molecular weight excluding hydrogens is 372 g/mol. The first kappa shape index (κ1) is 20.6. The molecule has 1 atom stereocenters. The van der Waals surface area contributed by atoms with Crippen molar-refractivity contribution in [1.29, 1.82) is 0 Å². The molecule has 142 valence electrons. The van der Waals surface area contributed by atoms with Crippen molar-refractivity contribution in [3.63, 3.8) is 0 Å². The summed E-state index contributed by atoms with van der Waals surface area (Å²) >= 11 is 0. The SMILES string of the molecule is CCN(CC)S(=O)(=O)c1ccc(S(=O)(=O)N[C@@H](C)c2ccccc2)cc1. The van der Waals surface area contributed by atoms with Gasteiger partial charge in [-0.2, -0.15) is 4.31 Å². The molecule has 0 spiro atoms. The Kier molecular flexibility index (Phi) is 6.57. The summed E-state index contributed by atoms with van der Waals surface area (Å²) in [4.78, 5) is 0.107. The topological polar surface area (TPSA) is 83.6 Å². The molecule has 0 saturated carbocycles. The van der Waals surface area contributed by atoms with Crippen LogP contribution >= 0.6 is 0 Å². The number of benzene rings is 2. The van der Waals surface area contributed by atoms with Crippen LogP contribution in [0.2, 0.25) is 0 Å². The summed E-state index contributed by atoms with van der Waals surface area (Å²) in [6.07, 6.45) is 0. The molecule has 0 aliphatic rings. The summed E-state index contributed by atoms with van der Waals surface area (Å²) < 4.78 is 54.0. The maximum Gasteiger partial charge on any atom is 0.243 e. The van der Waals surface area contributed by atoms with Crippen LogP contribution in [0.25, 0.3) is 0 Å². The highest BCUT2D eigenvalue weighted by Gasteiger charge is 2.23. The van der Waals surface area contributed by atoms with Crippen molar-refractivity contribution in [2.24, 2.45) is 0 Å². The van der Waals surface area contributed by atoms with E-state index < -0.39 is 26.1 Å². The van der Waals surface area contributed by atoms with Crippen molar-refractivity contribution >= 4 is 20.0 Å². The first-order valence-electron chi connectivity index (χ1n) is 8.40. The third-order valence-corrected chi connectivity index (χ3v) is 7.73. The molecule has 0 amide bonds. The number of nitrogens with one attached hydrogen (secondary N) is 1. The van der Waals surface area contributed by atoms with E-state index >= 15 is 0 Å². The van der Waals surface area contributed by atoms with Gasteiger partial charge < -0.3 is 0 Å². The molecule has 2 aromatic rings. The Hall–Kier alpha value is -1.74. The molecule has 8 heteroatoms. The maximum absolute atomic E-state index is 12.6. The maximum atomic E-state index is 12.6. The summed E-state index contributed by atoms with van der Waals surface area (Å²) in [5, 5.41) is 0. The Morgan fingerprint density at radius 2 is 1.35 bits per heavy atom. The van der Waals surface area contributed by atoms with E-state index in [9.17, 15) is 16.8 Å². The molecule has 0 aromatic heterocycles. The summed E-state index contributed by atoms with van der Waals surface area (Å²) in [7, 11) is -7.37. The van der Waals surface area contributed by atoms with Crippen LogP contribution in [0.5, 0.6) is 0 Å². The van der Waals surface area contributed by atoms with Crippen molar-refractivity contribution in [1.82, 2.24) is 9.03 Å². The number of hydrogen-bond donors (Lipinski definition) is 1. The van der Waals surface area contributed by atoms with Crippen molar-refractivity contribution < 1.29 is 16.8 Å². The summed E-state index contributed by atoms with van der Waals surface area (Å²) in [6.45, 7) is 5.99. The molecule has 0 heterocycles. The quantitative estimate of drug-likeness (QED) is 0.744. The van der Waals surface area contributed by atoms with E-state index in [-0.39, 0.29) is 9.79 Å². The molecule has 0 unspecified atom stereocenters. The normalized spacial score (nSPS) is 13.7. The van der Waals surface area contributed by atoms with Crippen molar-refractivity contribution in [3.05, 3.63) is 60.2 Å². The van der Waals surface area contributed by atoms with Crippen LogP contribution in [0.4, 0.5) is 0 Å². The van der Waals surface area contributed by atoms with Crippen LogP contribution in [-0.4, -0.2) is 34.2 Å². The first-order valence-corrected chi connectivity index (χ1v) is 11.3. The Balaban J connectivity index is 2.24. The monoisotopic (exact) mass is 396 g/mol. The summed E-state index contributed by atoms with van der Waals surface area (Å²) in [5.74, 6) is 0. The molecule has 6 nitrogen and oxygen atoms in total. The molecular formula is C18H24N2O4S2. The highest BCUT2D eigenvalue weighted by molar-refractivity contribution is 7.89. The molecule has 0 saturated heterocycles. The predicted octanol–water partition coefficient (Wildman–Crippen LogP) is 2.76. The van der Waals surface area contributed by atoms with Crippen molar-refractivity contribution in [2.75, 3.05) is 13.1 Å². The van der Waals surface area contributed by atoms with E-state index in [0.29, 0.717) is 13.1 Å². The van der Waals surface area contributed by atoms with Gasteiger partial charge in [0.2, 0.25) is 20.0 Å². The van der Waals surface area contributed by atoms with Crippen LogP contribution < -0.4 is 4.72 Å². The van der Waals surface area contributed by atoms with Crippen LogP contribution in [0.1, 0.15) is 32.4 Å². The molecule has 0 fully saturated rings. The van der Waals surface area contributed by atoms with Gasteiger partial charge in [0.1, 0.15) is 0 Å². The van der Waals surface area contributed by atoms with Gasteiger partial charge >= 0.3 is 0 Å². The van der Waals surface area contributed by atoms with E-state index in [1.165, 1.54) is 28.6 Å². The van der Waals surface area contributed by atoms with Gasteiger partial charge in [-0.3, -0.25) is 0 Å². The van der Waals surface area contributed by atoms with Gasteiger partial charge in [-0.15, -0.1) is 0 Å². The molecule has 1 N–H and O–H groups in total. The van der Waals surface area contributed by atoms with Crippen molar-refractivity contribution in [3.8, 4) is 0 Å². The molecule has 26 heavy (non-hydrogen) atoms. The minimum Gasteiger partial charge on any atom is -0.207 e. The van der Waals surface area contributed by atoms with Gasteiger partial charge in [0.25, 0.3) is 0 Å². The average molecular weight is 397 g/mol. The highest BCUT2D eigenvalue weighted by atomic mass is 32.2. The lowest BCUT2D eigenvalue weighted by Crippen LogP contribution is -2.30. The van der Waals surface area contributed by atoms with Gasteiger partial charge in [-0.1, -0.05) is 44.2 Å². The molecule has 0 radical (unpaired) electrons. The van der Waals surface area contributed by atoms with E-state index in [2.05, 4.69) is 4.72 Å². The fourth-order valence-corrected chi connectivity index (χ4v) is 5.30. The zero-order valence-electron chi connectivity index (χ0n) is 15.1. The van der Waals surface area contributed by atoms with Gasteiger partial charge in [0.15, 0.2) is 0 Å². The third kappa shape index (κ3) is 4.50. The lowest BCUT2D eigenvalue weighted by Gasteiger charge is -2.19. The fourth-order valence-electron chi connectivity index (χ4n) is 2.61. The summed E-state index contributed by atoms with van der Waals surface area (Å²) in [5.41, 5.74) is 0.844. The standard InChI is InChI=1S/C18H24N2O4S2/c1-4-20(5-2)26(23,24)18-13-11-17(12-14-18)25(21,22)19-15(3)16-9-7-6-8-10-16/h6-15,19H,4-5H2,1-3H3/t15-/m0/s1. The lowest BCUT2D eigenvalue weighted by molar-refractivity contribution is 0.445. The van der Waals surface area contributed by atoms with Crippen LogP contribution in [0.3, 0.4) is 0 Å². The molecule has 0 bridgehead atoms. The van der Waals surface area contributed by atoms with Gasteiger partial charge in [-0.25, -0.2) is 21.6 Å². The molecule has 2 rings (SSSR count). The summed E-state index contributed by atoms with van der Waals surface area (Å²) in [6, 6.07) is 14.1. The highest BCUT2D eigenvalue weighted by Crippen LogP contribution is 2.20. The van der Waals surface area contributed by atoms with Crippen LogP contribution in [0.15, 0.2) is 64.4 Å². The van der Waals surface area contributed by atoms with E-state index in [4.69, 9.17) is 0 Å². The average Bonchev–Trinajstić information content (AvgIpc) is 2.63. The zero-order chi connectivity index (χ0) is 19.4. The fraction of sp³-hybridized carbons (Fsp3) is 0.333. The number of rotatable bonds is 8. The van der Waals surface area contributed by atoms with Gasteiger partial charge in [-0.05, 0) is 36.8 Å². The Morgan fingerprint density at radius 1 is 0.846 bits per heavy atom. The van der Waals surface area contributed by atoms with Crippen LogP contribution in [-0.2, 0) is 20.0 Å². The van der Waals surface area contributed by atoms with Crippen LogP contribution in [0, 0.1) is 0 Å². The number of hydrogen-bond acceptors (Lipinski definition) is 4. The van der Waals surface area contributed by atoms with E-state index in [0.717, 1.165) is 5.56 Å². The lowest BCUT2D eigenvalue weighted by atomic mass is 10.1. The zero-order valence-corrected chi connectivity index (χ0v) is 16.7. The Morgan fingerprint density at radius 3 is 1.85 bits per heavy atom. The molecule has 0 aliphatic heterocycles. The molecule has 2 aromatic carbocycles. The smallest absolute Gasteiger partial charge is 0.207 e. The third-order valence-electron chi connectivity index (χ3n) is 4.11. The van der Waals surface area contributed by atoms with Gasteiger partial charge in [0.05, 0.1) is 9.79 Å². The number of nitrogens with zero attached hydrogens (tertiary/aromatic N) is 1. The second-order valence-corrected chi connectivity index (χ2v) is 9.47. The Labute approximate surface area is 156 Å². The molecule has 0 aliphatic carbocycles. The Bertz CT molecular complexity index is 921. The van der Waals surface area contributed by atoms with E-state index in [1.54, 1.807) is 20.8 Å².